The van der Waals surface area contributed by atoms with Gasteiger partial charge in [-0.25, -0.2) is 0 Å². The minimum Gasteiger partial charge on any atom is -0.484 e. The number of amides is 1. The average Bonchev–Trinajstić information content (AvgIpc) is 3.22. The molecule has 0 aliphatic heterocycles. The van der Waals surface area contributed by atoms with Crippen molar-refractivity contribution in [3.8, 4) is 5.75 Å². The van der Waals surface area contributed by atoms with Gasteiger partial charge in [-0.3, -0.25) is 4.79 Å². The molecule has 1 amide bonds. The van der Waals surface area contributed by atoms with Gasteiger partial charge in [-0.15, -0.1) is 0 Å². The van der Waals surface area contributed by atoms with Crippen molar-refractivity contribution >= 4 is 11.6 Å². The molecule has 7 nitrogen and oxygen atoms in total. The Morgan fingerprint density at radius 1 is 1.38 bits per heavy atom. The number of carbonyl (C=O) groups is 1. The van der Waals surface area contributed by atoms with E-state index in [1.165, 1.54) is 0 Å². The van der Waals surface area contributed by atoms with Crippen molar-refractivity contribution in [1.82, 2.24) is 10.1 Å². The molecule has 0 saturated heterocycles. The largest absolute Gasteiger partial charge is 0.484 e. The van der Waals surface area contributed by atoms with Crippen LogP contribution in [-0.2, 0) is 11.4 Å². The van der Waals surface area contributed by atoms with Crippen LogP contribution in [0.5, 0.6) is 5.75 Å². The van der Waals surface area contributed by atoms with Gasteiger partial charge in [0.2, 0.25) is 5.91 Å². The third-order valence-corrected chi connectivity index (χ3v) is 4.35. The van der Waals surface area contributed by atoms with E-state index in [2.05, 4.69) is 15.5 Å². The van der Waals surface area contributed by atoms with Crippen LogP contribution in [0.15, 0.2) is 28.8 Å². The lowest BCUT2D eigenvalue weighted by Gasteiger charge is -2.17. The molecule has 3 N–H and O–H groups in total. The molecule has 0 bridgehead atoms. The Bertz CT molecular complexity index is 683. The van der Waals surface area contributed by atoms with Crippen LogP contribution < -0.4 is 15.8 Å². The first kappa shape index (κ1) is 16.4. The number of aryl methyl sites for hydroxylation is 1. The lowest BCUT2D eigenvalue weighted by molar-refractivity contribution is -0.120. The maximum atomic E-state index is 12.4. The molecule has 1 saturated carbocycles. The summed E-state index contributed by atoms with van der Waals surface area (Å²) in [5.41, 5.74) is 6.50. The Kier molecular flexibility index (Phi) is 5.10. The maximum Gasteiger partial charge on any atom is 0.264 e. The number of anilines is 1. The molecule has 0 unspecified atom stereocenters. The zero-order valence-corrected chi connectivity index (χ0v) is 13.7. The fourth-order valence-corrected chi connectivity index (χ4v) is 3.08. The second-order valence-corrected chi connectivity index (χ2v) is 6.07. The van der Waals surface area contributed by atoms with Crippen LogP contribution in [-0.4, -0.2) is 22.6 Å². The van der Waals surface area contributed by atoms with E-state index < -0.39 is 0 Å². The molecule has 24 heavy (non-hydrogen) atoms. The van der Waals surface area contributed by atoms with Crippen molar-refractivity contribution in [3.63, 3.8) is 0 Å². The number of hydrogen-bond donors (Lipinski definition) is 2. The van der Waals surface area contributed by atoms with Crippen LogP contribution >= 0.6 is 0 Å². The number of rotatable bonds is 6. The molecular weight excluding hydrogens is 308 g/mol. The predicted octanol–water partition coefficient (Wildman–Crippen LogP) is 2.27. The van der Waals surface area contributed by atoms with E-state index in [0.717, 1.165) is 24.9 Å². The van der Waals surface area contributed by atoms with E-state index in [9.17, 15) is 4.79 Å². The van der Waals surface area contributed by atoms with E-state index in [1.807, 2.05) is 12.1 Å². The molecule has 1 aliphatic rings. The summed E-state index contributed by atoms with van der Waals surface area (Å²) in [7, 11) is 0. The van der Waals surface area contributed by atoms with E-state index in [-0.39, 0.29) is 18.4 Å². The van der Waals surface area contributed by atoms with Crippen molar-refractivity contribution < 1.29 is 14.1 Å². The summed E-state index contributed by atoms with van der Waals surface area (Å²) in [4.78, 5) is 16.4. The molecule has 2 atom stereocenters. The van der Waals surface area contributed by atoms with Gasteiger partial charge in [-0.2, -0.15) is 4.98 Å². The molecular formula is C17H22N4O3. The van der Waals surface area contributed by atoms with Crippen LogP contribution in [0.1, 0.15) is 31.0 Å². The number of hydrogen-bond acceptors (Lipinski definition) is 6. The summed E-state index contributed by atoms with van der Waals surface area (Å²) in [6.07, 6.45) is 3.02. The monoisotopic (exact) mass is 330 g/mol. The molecule has 3 rings (SSSR count). The minimum atomic E-state index is 0.0201. The molecule has 0 spiro atoms. The number of aromatic nitrogens is 2. The molecule has 1 aliphatic carbocycles. The number of ether oxygens (including phenoxy) is 1. The summed E-state index contributed by atoms with van der Waals surface area (Å²) in [5, 5.41) is 6.67. The highest BCUT2D eigenvalue weighted by atomic mass is 16.5. The highest BCUT2D eigenvalue weighted by Gasteiger charge is 2.31. The van der Waals surface area contributed by atoms with Gasteiger partial charge in [0, 0.05) is 11.6 Å². The minimum absolute atomic E-state index is 0.0201. The summed E-state index contributed by atoms with van der Waals surface area (Å²) < 4.78 is 10.6. The second-order valence-electron chi connectivity index (χ2n) is 6.07. The van der Waals surface area contributed by atoms with Crippen molar-refractivity contribution in [2.45, 2.75) is 32.8 Å². The van der Waals surface area contributed by atoms with E-state index in [0.29, 0.717) is 29.9 Å². The number of carbonyl (C=O) groups excluding carboxylic acids is 1. The molecule has 1 fully saturated rings. The molecule has 128 valence electrons. The maximum absolute atomic E-state index is 12.4. The molecule has 0 radical (unpaired) electrons. The van der Waals surface area contributed by atoms with Crippen LogP contribution in [0.3, 0.4) is 0 Å². The number of benzene rings is 1. The van der Waals surface area contributed by atoms with Crippen LogP contribution in [0.2, 0.25) is 0 Å². The highest BCUT2D eigenvalue weighted by molar-refractivity contribution is 5.93. The first-order valence-electron chi connectivity index (χ1n) is 8.18. The van der Waals surface area contributed by atoms with Gasteiger partial charge < -0.3 is 20.3 Å². The third kappa shape index (κ3) is 3.91. The topological polar surface area (TPSA) is 103 Å². The zero-order valence-electron chi connectivity index (χ0n) is 13.7. The summed E-state index contributed by atoms with van der Waals surface area (Å²) in [5.74, 6) is 2.05. The molecule has 1 aromatic carbocycles. The SMILES string of the molecule is Cc1noc(COc2ccc(NC(=O)[C@@H]3CCC[C@@H]3CN)cc2)n1. The third-order valence-electron chi connectivity index (χ3n) is 4.35. The second kappa shape index (κ2) is 7.44. The van der Waals surface area contributed by atoms with Gasteiger partial charge in [0.15, 0.2) is 12.4 Å². The van der Waals surface area contributed by atoms with Gasteiger partial charge in [-0.05, 0) is 56.5 Å². The van der Waals surface area contributed by atoms with Crippen molar-refractivity contribution in [2.24, 2.45) is 17.6 Å². The lowest BCUT2D eigenvalue weighted by Crippen LogP contribution is -2.29. The molecule has 1 aromatic heterocycles. The van der Waals surface area contributed by atoms with Gasteiger partial charge in [0.1, 0.15) is 5.75 Å². The fourth-order valence-electron chi connectivity index (χ4n) is 3.08. The van der Waals surface area contributed by atoms with Gasteiger partial charge >= 0.3 is 0 Å². The van der Waals surface area contributed by atoms with Crippen molar-refractivity contribution in [3.05, 3.63) is 36.0 Å². The summed E-state index contributed by atoms with van der Waals surface area (Å²) in [6, 6.07) is 7.24. The van der Waals surface area contributed by atoms with E-state index >= 15 is 0 Å². The Labute approximate surface area is 140 Å². The molecule has 2 aromatic rings. The predicted molar refractivity (Wildman–Crippen MR) is 88.3 cm³/mol. The van der Waals surface area contributed by atoms with Crippen LogP contribution in [0.25, 0.3) is 0 Å². The van der Waals surface area contributed by atoms with E-state index in [4.69, 9.17) is 15.0 Å². The number of nitrogens with zero attached hydrogens (tertiary/aromatic N) is 2. The van der Waals surface area contributed by atoms with Crippen LogP contribution in [0, 0.1) is 18.8 Å². The zero-order chi connectivity index (χ0) is 16.9. The normalized spacial score (nSPS) is 20.1. The highest BCUT2D eigenvalue weighted by Crippen LogP contribution is 2.32. The summed E-state index contributed by atoms with van der Waals surface area (Å²) in [6.45, 7) is 2.54. The Hall–Kier alpha value is -2.41. The molecule has 1 heterocycles. The number of nitrogens with two attached hydrogens (primary N) is 1. The Morgan fingerprint density at radius 3 is 2.83 bits per heavy atom. The van der Waals surface area contributed by atoms with Crippen LogP contribution in [0.4, 0.5) is 5.69 Å². The Morgan fingerprint density at radius 2 is 2.17 bits per heavy atom. The van der Waals surface area contributed by atoms with E-state index in [1.54, 1.807) is 19.1 Å². The molecule has 7 heteroatoms. The standard InChI is InChI=1S/C17H22N4O3/c1-11-19-16(24-21-11)10-23-14-7-5-13(6-8-14)20-17(22)15-4-2-3-12(15)9-18/h5-8,12,15H,2-4,9-10,18H2,1H3,(H,20,22)/t12-,15-/m1/s1. The Balaban J connectivity index is 1.53. The van der Waals surface area contributed by atoms with Gasteiger partial charge in [0.25, 0.3) is 5.89 Å². The fraction of sp³-hybridized carbons (Fsp3) is 0.471. The van der Waals surface area contributed by atoms with Gasteiger partial charge in [-0.1, -0.05) is 11.6 Å². The first-order chi connectivity index (χ1) is 11.7. The van der Waals surface area contributed by atoms with Crippen molar-refractivity contribution in [2.75, 3.05) is 11.9 Å². The van der Waals surface area contributed by atoms with Gasteiger partial charge in [0.05, 0.1) is 0 Å². The smallest absolute Gasteiger partial charge is 0.264 e. The lowest BCUT2D eigenvalue weighted by atomic mass is 9.95. The van der Waals surface area contributed by atoms with Crippen molar-refractivity contribution in [1.29, 1.82) is 0 Å². The average molecular weight is 330 g/mol. The first-order valence-corrected chi connectivity index (χ1v) is 8.18. The number of nitrogens with one attached hydrogen (secondary N) is 1. The quantitative estimate of drug-likeness (QED) is 0.842. The summed E-state index contributed by atoms with van der Waals surface area (Å²) >= 11 is 0.